The lowest BCUT2D eigenvalue weighted by Gasteiger charge is -2.41. The molecule has 0 fully saturated rings. The first-order valence-corrected chi connectivity index (χ1v) is 17.3. The van der Waals surface area contributed by atoms with Crippen molar-refractivity contribution in [2.24, 2.45) is 17.3 Å². The standard InChI is InChI=1S/C35H68O4/c1-5-7-9-11-19-23-27-32(28-24-20-17-15-13-14-16-18-21-25-29-33(36)37)35(31(3)4,34(38)39)30-26-22-12-10-8-6-2/h31-32H,5-30H2,1-4H3,(H,36,37)(H,38,39). The molecule has 0 aromatic heterocycles. The van der Waals surface area contributed by atoms with Gasteiger partial charge in [-0.05, 0) is 37.5 Å². The summed E-state index contributed by atoms with van der Waals surface area (Å²) in [6, 6.07) is 0. The minimum atomic E-state index is -0.680. The van der Waals surface area contributed by atoms with Crippen LogP contribution in [-0.4, -0.2) is 22.2 Å². The maximum atomic E-state index is 13.0. The van der Waals surface area contributed by atoms with E-state index in [1.54, 1.807) is 0 Å². The molecule has 232 valence electrons. The zero-order valence-corrected chi connectivity index (χ0v) is 26.8. The molecule has 0 aliphatic heterocycles. The monoisotopic (exact) mass is 553 g/mol. The summed E-state index contributed by atoms with van der Waals surface area (Å²) in [4.78, 5) is 23.5. The van der Waals surface area contributed by atoms with Crippen molar-refractivity contribution in [3.8, 4) is 0 Å². The fourth-order valence-electron chi connectivity index (χ4n) is 6.60. The molecule has 39 heavy (non-hydrogen) atoms. The molecule has 2 N–H and O–H groups in total. The third kappa shape index (κ3) is 18.8. The number of unbranched alkanes of at least 4 members (excludes halogenated alkanes) is 19. The van der Waals surface area contributed by atoms with E-state index in [9.17, 15) is 14.7 Å². The Kier molecular flexibility index (Phi) is 25.2. The first-order valence-electron chi connectivity index (χ1n) is 17.3. The van der Waals surface area contributed by atoms with Crippen LogP contribution in [0, 0.1) is 17.3 Å². The van der Waals surface area contributed by atoms with Gasteiger partial charge in [-0.25, -0.2) is 0 Å². The van der Waals surface area contributed by atoms with Gasteiger partial charge in [0.2, 0.25) is 0 Å². The predicted octanol–water partition coefficient (Wildman–Crippen LogP) is 11.6. The Morgan fingerprint density at radius 3 is 1.26 bits per heavy atom. The van der Waals surface area contributed by atoms with E-state index in [0.29, 0.717) is 12.3 Å². The smallest absolute Gasteiger partial charge is 0.310 e. The molecule has 4 nitrogen and oxygen atoms in total. The van der Waals surface area contributed by atoms with E-state index in [1.165, 1.54) is 109 Å². The van der Waals surface area contributed by atoms with Crippen molar-refractivity contribution in [2.75, 3.05) is 0 Å². The maximum absolute atomic E-state index is 13.0. The molecule has 0 aliphatic carbocycles. The van der Waals surface area contributed by atoms with Gasteiger partial charge >= 0.3 is 11.9 Å². The van der Waals surface area contributed by atoms with Gasteiger partial charge in [0.1, 0.15) is 0 Å². The highest BCUT2D eigenvalue weighted by Crippen LogP contribution is 2.46. The Bertz CT molecular complexity index is 573. The van der Waals surface area contributed by atoms with Crippen LogP contribution in [0.2, 0.25) is 0 Å². The molecule has 4 heteroatoms. The third-order valence-corrected chi connectivity index (χ3v) is 9.20. The van der Waals surface area contributed by atoms with Gasteiger partial charge in [0.25, 0.3) is 0 Å². The number of carbonyl (C=O) groups is 2. The van der Waals surface area contributed by atoms with E-state index in [1.807, 2.05) is 0 Å². The lowest BCUT2D eigenvalue weighted by Crippen LogP contribution is -2.43. The van der Waals surface area contributed by atoms with Crippen LogP contribution in [0.4, 0.5) is 0 Å². The molecular formula is C35H68O4. The number of hydrogen-bond acceptors (Lipinski definition) is 2. The summed E-state index contributed by atoms with van der Waals surface area (Å²) in [7, 11) is 0. The topological polar surface area (TPSA) is 74.6 Å². The van der Waals surface area contributed by atoms with E-state index in [4.69, 9.17) is 5.11 Å². The molecular weight excluding hydrogens is 484 g/mol. The summed E-state index contributed by atoms with van der Waals surface area (Å²) in [5.41, 5.74) is -0.575. The van der Waals surface area contributed by atoms with Crippen molar-refractivity contribution >= 4 is 11.9 Å². The van der Waals surface area contributed by atoms with Crippen molar-refractivity contribution in [1.82, 2.24) is 0 Å². The Hall–Kier alpha value is -1.06. The number of aliphatic carboxylic acids is 2. The molecule has 0 saturated heterocycles. The van der Waals surface area contributed by atoms with Crippen molar-refractivity contribution in [3.63, 3.8) is 0 Å². The van der Waals surface area contributed by atoms with Crippen molar-refractivity contribution in [1.29, 1.82) is 0 Å². The molecule has 0 spiro atoms. The number of carboxylic acids is 2. The quantitative estimate of drug-likeness (QED) is 0.0869. The summed E-state index contributed by atoms with van der Waals surface area (Å²) >= 11 is 0. The van der Waals surface area contributed by atoms with E-state index in [2.05, 4.69) is 27.7 Å². The molecule has 0 aliphatic rings. The lowest BCUT2D eigenvalue weighted by atomic mass is 9.62. The zero-order chi connectivity index (χ0) is 29.2. The van der Waals surface area contributed by atoms with Crippen LogP contribution in [0.25, 0.3) is 0 Å². The normalized spacial score (nSPS) is 14.0. The Balaban J connectivity index is 4.75. The molecule has 0 aromatic carbocycles. The summed E-state index contributed by atoms with van der Waals surface area (Å²) in [6.07, 6.45) is 29.8. The van der Waals surface area contributed by atoms with Crippen LogP contribution in [-0.2, 0) is 9.59 Å². The highest BCUT2D eigenvalue weighted by Gasteiger charge is 2.47. The molecule has 0 saturated carbocycles. The Morgan fingerprint density at radius 1 is 0.538 bits per heavy atom. The Morgan fingerprint density at radius 2 is 0.897 bits per heavy atom. The van der Waals surface area contributed by atoms with Crippen LogP contribution in [0.3, 0.4) is 0 Å². The second-order valence-corrected chi connectivity index (χ2v) is 12.7. The van der Waals surface area contributed by atoms with Crippen LogP contribution in [0.1, 0.15) is 195 Å². The summed E-state index contributed by atoms with van der Waals surface area (Å²) in [5, 5.41) is 19.4. The number of carboxylic acid groups (broad SMARTS) is 2. The average molecular weight is 553 g/mol. The zero-order valence-electron chi connectivity index (χ0n) is 26.8. The third-order valence-electron chi connectivity index (χ3n) is 9.20. The molecule has 0 rings (SSSR count). The highest BCUT2D eigenvalue weighted by molar-refractivity contribution is 5.75. The second-order valence-electron chi connectivity index (χ2n) is 12.7. The van der Waals surface area contributed by atoms with Crippen LogP contribution in [0.5, 0.6) is 0 Å². The number of hydrogen-bond donors (Lipinski definition) is 2. The van der Waals surface area contributed by atoms with Gasteiger partial charge in [-0.15, -0.1) is 0 Å². The molecule has 0 radical (unpaired) electrons. The maximum Gasteiger partial charge on any atom is 0.310 e. The SMILES string of the molecule is CCCCCCCCC(CCCCCCCCCCCCC(=O)O)C(CCCCCCCC)(C(=O)O)C(C)C. The van der Waals surface area contributed by atoms with Gasteiger partial charge in [0.15, 0.2) is 0 Å². The lowest BCUT2D eigenvalue weighted by molar-refractivity contribution is -0.158. The van der Waals surface area contributed by atoms with E-state index < -0.39 is 17.4 Å². The largest absolute Gasteiger partial charge is 0.481 e. The number of rotatable bonds is 30. The summed E-state index contributed by atoms with van der Waals surface area (Å²) < 4.78 is 0. The van der Waals surface area contributed by atoms with Crippen LogP contribution >= 0.6 is 0 Å². The van der Waals surface area contributed by atoms with Crippen LogP contribution in [0.15, 0.2) is 0 Å². The van der Waals surface area contributed by atoms with Gasteiger partial charge in [-0.2, -0.15) is 0 Å². The summed E-state index contributed by atoms with van der Waals surface area (Å²) in [6.45, 7) is 8.84. The van der Waals surface area contributed by atoms with Gasteiger partial charge < -0.3 is 10.2 Å². The molecule has 2 atom stereocenters. The minimum absolute atomic E-state index is 0.172. The molecule has 0 aromatic rings. The predicted molar refractivity (Wildman–Crippen MR) is 167 cm³/mol. The first-order chi connectivity index (χ1) is 18.8. The van der Waals surface area contributed by atoms with Crippen molar-refractivity contribution < 1.29 is 19.8 Å². The van der Waals surface area contributed by atoms with E-state index >= 15 is 0 Å². The molecule has 0 bridgehead atoms. The van der Waals surface area contributed by atoms with Gasteiger partial charge in [0, 0.05) is 6.42 Å². The van der Waals surface area contributed by atoms with Gasteiger partial charge in [-0.3, -0.25) is 9.59 Å². The fourth-order valence-corrected chi connectivity index (χ4v) is 6.60. The highest BCUT2D eigenvalue weighted by atomic mass is 16.4. The Labute approximate surface area is 243 Å². The molecule has 2 unspecified atom stereocenters. The van der Waals surface area contributed by atoms with Gasteiger partial charge in [-0.1, -0.05) is 163 Å². The second kappa shape index (κ2) is 25.9. The summed E-state index contributed by atoms with van der Waals surface area (Å²) in [5.74, 6) is -0.750. The van der Waals surface area contributed by atoms with Crippen LogP contribution < -0.4 is 0 Å². The fraction of sp³-hybridized carbons (Fsp3) is 0.943. The van der Waals surface area contributed by atoms with Crippen molar-refractivity contribution in [2.45, 2.75) is 195 Å². The van der Waals surface area contributed by atoms with Crippen molar-refractivity contribution in [3.05, 3.63) is 0 Å². The van der Waals surface area contributed by atoms with E-state index in [0.717, 1.165) is 51.4 Å². The molecule has 0 amide bonds. The van der Waals surface area contributed by atoms with E-state index in [-0.39, 0.29) is 5.92 Å². The van der Waals surface area contributed by atoms with Gasteiger partial charge in [0.05, 0.1) is 5.41 Å². The minimum Gasteiger partial charge on any atom is -0.481 e. The first kappa shape index (κ1) is 37.9. The average Bonchev–Trinajstić information content (AvgIpc) is 2.89. The molecule has 0 heterocycles.